The Morgan fingerprint density at radius 3 is 2.72 bits per heavy atom. The van der Waals surface area contributed by atoms with Crippen molar-refractivity contribution in [2.45, 2.75) is 56.6 Å². The average molecular weight is 271 g/mol. The lowest BCUT2D eigenvalue weighted by Gasteiger charge is -2.10. The summed E-state index contributed by atoms with van der Waals surface area (Å²) < 4.78 is 29.0. The number of rotatable bonds is 6. The number of aromatic nitrogens is 1. The van der Waals surface area contributed by atoms with Gasteiger partial charge in [0.1, 0.15) is 0 Å². The highest BCUT2D eigenvalue weighted by atomic mass is 32.2. The zero-order valence-corrected chi connectivity index (χ0v) is 11.7. The van der Waals surface area contributed by atoms with E-state index in [-0.39, 0.29) is 6.04 Å². The Bertz CT molecular complexity index is 517. The van der Waals surface area contributed by atoms with Crippen molar-refractivity contribution in [2.24, 2.45) is 5.73 Å². The third-order valence-corrected chi connectivity index (χ3v) is 4.89. The van der Waals surface area contributed by atoms with Crippen LogP contribution in [0.2, 0.25) is 0 Å². The molecule has 0 amide bonds. The number of hydrogen-bond donors (Lipinski definition) is 2. The van der Waals surface area contributed by atoms with Gasteiger partial charge in [-0.3, -0.25) is 0 Å². The minimum atomic E-state index is -3.42. The Morgan fingerprint density at radius 2 is 2.22 bits per heavy atom. The lowest BCUT2D eigenvalue weighted by atomic mass is 10.3. The lowest BCUT2D eigenvalue weighted by Crippen LogP contribution is -2.31. The predicted octanol–water partition coefficient (Wildman–Crippen LogP) is 1.36. The number of nitrogens with zero attached hydrogens (tertiary/aromatic N) is 1. The van der Waals surface area contributed by atoms with Crippen LogP contribution < -0.4 is 10.5 Å². The van der Waals surface area contributed by atoms with E-state index in [9.17, 15) is 8.42 Å². The third kappa shape index (κ3) is 2.76. The van der Waals surface area contributed by atoms with Crippen LogP contribution in [0.1, 0.15) is 44.8 Å². The number of sulfonamides is 1. The predicted molar refractivity (Wildman–Crippen MR) is 70.7 cm³/mol. The SMILES string of the molecule is CCC(C)NS(=O)(=O)c1cc(CN)n(C2CC2)c1. The highest BCUT2D eigenvalue weighted by Gasteiger charge is 2.28. The van der Waals surface area contributed by atoms with Crippen LogP contribution >= 0.6 is 0 Å². The number of nitrogens with one attached hydrogen (secondary N) is 1. The van der Waals surface area contributed by atoms with Crippen molar-refractivity contribution >= 4 is 10.0 Å². The van der Waals surface area contributed by atoms with Gasteiger partial charge in [0, 0.05) is 30.5 Å². The molecule has 2 rings (SSSR count). The second-order valence-corrected chi connectivity index (χ2v) is 6.65. The smallest absolute Gasteiger partial charge is 0.242 e. The summed E-state index contributed by atoms with van der Waals surface area (Å²) in [5.74, 6) is 0. The largest absolute Gasteiger partial charge is 0.346 e. The van der Waals surface area contributed by atoms with Crippen molar-refractivity contribution in [3.8, 4) is 0 Å². The van der Waals surface area contributed by atoms with E-state index in [0.29, 0.717) is 17.5 Å². The quantitative estimate of drug-likeness (QED) is 0.820. The molecule has 0 radical (unpaired) electrons. The number of hydrogen-bond acceptors (Lipinski definition) is 3. The van der Waals surface area contributed by atoms with Crippen molar-refractivity contribution in [2.75, 3.05) is 0 Å². The van der Waals surface area contributed by atoms with Crippen LogP contribution in [0.15, 0.2) is 17.2 Å². The van der Waals surface area contributed by atoms with E-state index in [0.717, 1.165) is 25.0 Å². The fraction of sp³-hybridized carbons (Fsp3) is 0.667. The lowest BCUT2D eigenvalue weighted by molar-refractivity contribution is 0.555. The van der Waals surface area contributed by atoms with Crippen LogP contribution in [-0.4, -0.2) is 19.0 Å². The standard InChI is InChI=1S/C12H21N3O2S/c1-3-9(2)14-18(16,17)12-6-11(7-13)15(8-12)10-4-5-10/h6,8-10,14H,3-5,7,13H2,1-2H3. The van der Waals surface area contributed by atoms with E-state index in [1.54, 1.807) is 12.3 Å². The maximum absolute atomic E-state index is 12.2. The molecule has 3 N–H and O–H groups in total. The first-order valence-electron chi connectivity index (χ1n) is 6.41. The van der Waals surface area contributed by atoms with Gasteiger partial charge in [-0.2, -0.15) is 0 Å². The van der Waals surface area contributed by atoms with Gasteiger partial charge in [-0.15, -0.1) is 0 Å². The third-order valence-electron chi connectivity index (χ3n) is 3.34. The first-order valence-corrected chi connectivity index (χ1v) is 7.89. The van der Waals surface area contributed by atoms with E-state index in [2.05, 4.69) is 4.72 Å². The van der Waals surface area contributed by atoms with Crippen molar-refractivity contribution < 1.29 is 8.42 Å². The van der Waals surface area contributed by atoms with Gasteiger partial charge in [0.15, 0.2) is 0 Å². The average Bonchev–Trinajstić information content (AvgIpc) is 3.07. The molecule has 5 nitrogen and oxygen atoms in total. The van der Waals surface area contributed by atoms with Gasteiger partial charge in [-0.1, -0.05) is 6.92 Å². The van der Waals surface area contributed by atoms with E-state index < -0.39 is 10.0 Å². The molecule has 1 saturated carbocycles. The second-order valence-electron chi connectivity index (χ2n) is 4.94. The maximum atomic E-state index is 12.2. The summed E-state index contributed by atoms with van der Waals surface area (Å²) in [6, 6.07) is 2.07. The first-order chi connectivity index (χ1) is 8.47. The van der Waals surface area contributed by atoms with Crippen LogP contribution in [0.3, 0.4) is 0 Å². The molecule has 6 heteroatoms. The molecular weight excluding hydrogens is 250 g/mol. The summed E-state index contributed by atoms with van der Waals surface area (Å²) in [5, 5.41) is 0. The molecule has 102 valence electrons. The summed E-state index contributed by atoms with van der Waals surface area (Å²) in [6.07, 6.45) is 4.71. The molecule has 1 heterocycles. The molecule has 1 atom stereocenters. The van der Waals surface area contributed by atoms with Gasteiger partial charge in [0.05, 0.1) is 4.90 Å². The molecule has 18 heavy (non-hydrogen) atoms. The Morgan fingerprint density at radius 1 is 1.56 bits per heavy atom. The Kier molecular flexibility index (Phi) is 3.79. The summed E-state index contributed by atoms with van der Waals surface area (Å²) in [4.78, 5) is 0.329. The maximum Gasteiger partial charge on any atom is 0.242 e. The van der Waals surface area contributed by atoms with Crippen molar-refractivity contribution in [1.29, 1.82) is 0 Å². The van der Waals surface area contributed by atoms with Gasteiger partial charge >= 0.3 is 0 Å². The van der Waals surface area contributed by atoms with Crippen LogP contribution in [0.4, 0.5) is 0 Å². The van der Waals surface area contributed by atoms with Gasteiger partial charge in [-0.05, 0) is 32.3 Å². The monoisotopic (exact) mass is 271 g/mol. The molecular formula is C12H21N3O2S. The van der Waals surface area contributed by atoms with E-state index in [1.165, 1.54) is 0 Å². The van der Waals surface area contributed by atoms with Gasteiger partial charge < -0.3 is 10.3 Å². The zero-order chi connectivity index (χ0) is 13.3. The fourth-order valence-electron chi connectivity index (χ4n) is 1.92. The van der Waals surface area contributed by atoms with Gasteiger partial charge in [0.25, 0.3) is 0 Å². The molecule has 1 fully saturated rings. The molecule has 0 saturated heterocycles. The molecule has 1 aliphatic carbocycles. The van der Waals surface area contributed by atoms with E-state index in [1.807, 2.05) is 18.4 Å². The molecule has 1 unspecified atom stereocenters. The molecule has 0 aliphatic heterocycles. The normalized spacial score (nSPS) is 17.9. The van der Waals surface area contributed by atoms with Gasteiger partial charge in [-0.25, -0.2) is 13.1 Å². The number of nitrogens with two attached hydrogens (primary N) is 1. The van der Waals surface area contributed by atoms with Crippen molar-refractivity contribution in [1.82, 2.24) is 9.29 Å². The first kappa shape index (κ1) is 13.6. The summed E-state index contributed by atoms with van der Waals surface area (Å²) in [5.41, 5.74) is 6.55. The minimum absolute atomic E-state index is 0.0550. The summed E-state index contributed by atoms with van der Waals surface area (Å²) in [7, 11) is -3.42. The van der Waals surface area contributed by atoms with Crippen LogP contribution in [0, 0.1) is 0 Å². The highest BCUT2D eigenvalue weighted by Crippen LogP contribution is 2.37. The van der Waals surface area contributed by atoms with Gasteiger partial charge in [0.2, 0.25) is 10.0 Å². The van der Waals surface area contributed by atoms with Crippen LogP contribution in [-0.2, 0) is 16.6 Å². The molecule has 1 aliphatic rings. The molecule has 0 aromatic carbocycles. The topological polar surface area (TPSA) is 77.1 Å². The Hall–Kier alpha value is -0.850. The van der Waals surface area contributed by atoms with Crippen molar-refractivity contribution in [3.05, 3.63) is 18.0 Å². The molecule has 1 aromatic rings. The Labute approximate surface area is 108 Å². The second kappa shape index (κ2) is 5.03. The minimum Gasteiger partial charge on any atom is -0.346 e. The molecule has 0 bridgehead atoms. The summed E-state index contributed by atoms with van der Waals surface area (Å²) in [6.45, 7) is 4.18. The zero-order valence-electron chi connectivity index (χ0n) is 10.9. The van der Waals surface area contributed by atoms with E-state index in [4.69, 9.17) is 5.73 Å². The van der Waals surface area contributed by atoms with E-state index >= 15 is 0 Å². The summed E-state index contributed by atoms with van der Waals surface area (Å²) >= 11 is 0. The Balaban J connectivity index is 2.27. The fourth-order valence-corrected chi connectivity index (χ4v) is 3.29. The molecule has 1 aromatic heterocycles. The highest BCUT2D eigenvalue weighted by molar-refractivity contribution is 7.89. The van der Waals surface area contributed by atoms with Crippen molar-refractivity contribution in [3.63, 3.8) is 0 Å². The van der Waals surface area contributed by atoms with Crippen LogP contribution in [0.5, 0.6) is 0 Å². The molecule has 0 spiro atoms. The van der Waals surface area contributed by atoms with Crippen LogP contribution in [0.25, 0.3) is 0 Å².